The molecule has 0 saturated carbocycles. The van der Waals surface area contributed by atoms with Crippen molar-refractivity contribution in [2.45, 2.75) is 39.2 Å². The van der Waals surface area contributed by atoms with Gasteiger partial charge in [-0.15, -0.1) is 0 Å². The first-order chi connectivity index (χ1) is 10.2. The fraction of sp³-hybridized carbons (Fsp3) is 0.389. The van der Waals surface area contributed by atoms with Crippen LogP contribution >= 0.6 is 0 Å². The van der Waals surface area contributed by atoms with E-state index < -0.39 is 0 Å². The highest BCUT2D eigenvalue weighted by Gasteiger charge is 2.19. The number of fused-ring (bicyclic) bond motifs is 1. The number of nitrogens with two attached hydrogens (primary N) is 1. The van der Waals surface area contributed by atoms with Gasteiger partial charge in [0.05, 0.1) is 0 Å². The molecule has 0 unspecified atom stereocenters. The standard InChI is InChI=1S/C18H23N3/c1-13(2)16-10-14(12-19)11-18(20-16)21-9-5-7-15-6-3-4-8-17(15)21/h3-4,6,8,10-11,13H,5,7,9,12,19H2,1-2H3. The van der Waals surface area contributed by atoms with E-state index in [1.165, 1.54) is 17.7 Å². The molecule has 3 nitrogen and oxygen atoms in total. The van der Waals surface area contributed by atoms with Crippen molar-refractivity contribution in [2.75, 3.05) is 11.4 Å². The Morgan fingerprint density at radius 3 is 2.81 bits per heavy atom. The van der Waals surface area contributed by atoms with Crippen molar-refractivity contribution < 1.29 is 0 Å². The van der Waals surface area contributed by atoms with Gasteiger partial charge in [-0.2, -0.15) is 0 Å². The van der Waals surface area contributed by atoms with Crippen LogP contribution in [0.1, 0.15) is 43.0 Å². The van der Waals surface area contributed by atoms with Crippen LogP contribution in [-0.2, 0) is 13.0 Å². The molecule has 0 radical (unpaired) electrons. The summed E-state index contributed by atoms with van der Waals surface area (Å²) < 4.78 is 0. The molecule has 1 aromatic heterocycles. The Morgan fingerprint density at radius 2 is 2.05 bits per heavy atom. The number of hydrogen-bond acceptors (Lipinski definition) is 3. The smallest absolute Gasteiger partial charge is 0.133 e. The third-order valence-electron chi connectivity index (χ3n) is 4.11. The van der Waals surface area contributed by atoms with Crippen LogP contribution in [0.15, 0.2) is 36.4 Å². The van der Waals surface area contributed by atoms with Crippen molar-refractivity contribution in [2.24, 2.45) is 5.73 Å². The second kappa shape index (κ2) is 5.86. The molecule has 2 aromatic rings. The maximum atomic E-state index is 5.87. The second-order valence-electron chi connectivity index (χ2n) is 6.00. The zero-order valence-electron chi connectivity index (χ0n) is 12.8. The van der Waals surface area contributed by atoms with Gasteiger partial charge >= 0.3 is 0 Å². The van der Waals surface area contributed by atoms with Crippen molar-refractivity contribution in [3.63, 3.8) is 0 Å². The zero-order valence-corrected chi connectivity index (χ0v) is 12.8. The lowest BCUT2D eigenvalue weighted by molar-refractivity contribution is 0.748. The first kappa shape index (κ1) is 14.1. The number of aryl methyl sites for hydroxylation is 1. The Bertz CT molecular complexity index is 634. The van der Waals surface area contributed by atoms with Crippen molar-refractivity contribution in [3.05, 3.63) is 53.2 Å². The Hall–Kier alpha value is -1.87. The van der Waals surface area contributed by atoms with E-state index in [1.807, 2.05) is 0 Å². The van der Waals surface area contributed by atoms with Gasteiger partial charge in [0.2, 0.25) is 0 Å². The van der Waals surface area contributed by atoms with Gasteiger partial charge in [0.25, 0.3) is 0 Å². The average molecular weight is 281 g/mol. The molecule has 0 amide bonds. The Morgan fingerprint density at radius 1 is 1.24 bits per heavy atom. The summed E-state index contributed by atoms with van der Waals surface area (Å²) in [4.78, 5) is 7.21. The molecule has 0 aliphatic carbocycles. The van der Waals surface area contributed by atoms with Gasteiger partial charge in [-0.05, 0) is 48.1 Å². The van der Waals surface area contributed by atoms with Gasteiger partial charge in [0.1, 0.15) is 5.82 Å². The minimum atomic E-state index is 0.412. The normalized spacial score (nSPS) is 14.4. The maximum Gasteiger partial charge on any atom is 0.133 e. The molecule has 110 valence electrons. The molecule has 0 atom stereocenters. The maximum absolute atomic E-state index is 5.87. The number of aromatic nitrogens is 1. The van der Waals surface area contributed by atoms with E-state index in [0.29, 0.717) is 12.5 Å². The monoisotopic (exact) mass is 281 g/mol. The first-order valence-corrected chi connectivity index (χ1v) is 7.75. The second-order valence-corrected chi connectivity index (χ2v) is 6.00. The van der Waals surface area contributed by atoms with Crippen molar-refractivity contribution >= 4 is 11.5 Å². The first-order valence-electron chi connectivity index (χ1n) is 7.75. The Balaban J connectivity index is 2.07. The topological polar surface area (TPSA) is 42.1 Å². The third kappa shape index (κ3) is 2.79. The zero-order chi connectivity index (χ0) is 14.8. The number of para-hydroxylation sites is 1. The summed E-state index contributed by atoms with van der Waals surface area (Å²) >= 11 is 0. The largest absolute Gasteiger partial charge is 0.326 e. The van der Waals surface area contributed by atoms with Crippen LogP contribution in [0.2, 0.25) is 0 Å². The molecule has 3 heteroatoms. The predicted molar refractivity (Wildman–Crippen MR) is 88.0 cm³/mol. The van der Waals surface area contributed by atoms with E-state index in [9.17, 15) is 0 Å². The van der Waals surface area contributed by atoms with Gasteiger partial charge in [0.15, 0.2) is 0 Å². The van der Waals surface area contributed by atoms with E-state index in [1.54, 1.807) is 0 Å². The van der Waals surface area contributed by atoms with E-state index in [0.717, 1.165) is 30.0 Å². The number of nitrogens with zero attached hydrogens (tertiary/aromatic N) is 2. The van der Waals surface area contributed by atoms with Gasteiger partial charge in [0, 0.05) is 24.5 Å². The lowest BCUT2D eigenvalue weighted by atomic mass is 10.0. The fourth-order valence-electron chi connectivity index (χ4n) is 2.92. The quantitative estimate of drug-likeness (QED) is 0.931. The highest BCUT2D eigenvalue weighted by Crippen LogP contribution is 2.33. The molecular formula is C18H23N3. The van der Waals surface area contributed by atoms with E-state index in [4.69, 9.17) is 10.7 Å². The predicted octanol–water partition coefficient (Wildman–Crippen LogP) is 3.75. The van der Waals surface area contributed by atoms with E-state index in [2.05, 4.69) is 55.1 Å². The Labute approximate surface area is 126 Å². The number of pyridine rings is 1. The van der Waals surface area contributed by atoms with Gasteiger partial charge < -0.3 is 10.6 Å². The molecule has 0 spiro atoms. The molecular weight excluding hydrogens is 258 g/mol. The van der Waals surface area contributed by atoms with Crippen molar-refractivity contribution in [3.8, 4) is 0 Å². The van der Waals surface area contributed by atoms with Crippen molar-refractivity contribution in [1.82, 2.24) is 4.98 Å². The summed E-state index contributed by atoms with van der Waals surface area (Å²) in [7, 11) is 0. The van der Waals surface area contributed by atoms with Crippen molar-refractivity contribution in [1.29, 1.82) is 0 Å². The van der Waals surface area contributed by atoms with Gasteiger partial charge in [-0.25, -0.2) is 4.98 Å². The van der Waals surface area contributed by atoms with Gasteiger partial charge in [-0.3, -0.25) is 0 Å². The summed E-state index contributed by atoms with van der Waals surface area (Å²) in [6, 6.07) is 12.9. The van der Waals surface area contributed by atoms with Crippen LogP contribution < -0.4 is 10.6 Å². The molecule has 1 aromatic carbocycles. The highest BCUT2D eigenvalue weighted by atomic mass is 15.2. The fourth-order valence-corrected chi connectivity index (χ4v) is 2.92. The summed E-state index contributed by atoms with van der Waals surface area (Å²) in [6.07, 6.45) is 2.32. The van der Waals surface area contributed by atoms with Crippen LogP contribution in [0.25, 0.3) is 0 Å². The number of anilines is 2. The molecule has 2 heterocycles. The minimum absolute atomic E-state index is 0.412. The summed E-state index contributed by atoms with van der Waals surface area (Å²) in [6.45, 7) is 5.94. The number of rotatable bonds is 3. The van der Waals surface area contributed by atoms with Crippen LogP contribution in [0, 0.1) is 0 Å². The van der Waals surface area contributed by atoms with Crippen LogP contribution in [0.5, 0.6) is 0 Å². The molecule has 21 heavy (non-hydrogen) atoms. The summed E-state index contributed by atoms with van der Waals surface area (Å²) in [5, 5.41) is 0. The minimum Gasteiger partial charge on any atom is -0.326 e. The SMILES string of the molecule is CC(C)c1cc(CN)cc(N2CCCc3ccccc32)n1. The lowest BCUT2D eigenvalue weighted by Crippen LogP contribution is -2.25. The summed E-state index contributed by atoms with van der Waals surface area (Å²) in [5.74, 6) is 1.45. The molecule has 0 fully saturated rings. The van der Waals surface area contributed by atoms with Crippen LogP contribution in [-0.4, -0.2) is 11.5 Å². The van der Waals surface area contributed by atoms with Crippen LogP contribution in [0.3, 0.4) is 0 Å². The molecule has 2 N–H and O–H groups in total. The highest BCUT2D eigenvalue weighted by molar-refractivity contribution is 5.66. The molecule has 0 bridgehead atoms. The molecule has 3 rings (SSSR count). The number of benzene rings is 1. The van der Waals surface area contributed by atoms with Crippen LogP contribution in [0.4, 0.5) is 11.5 Å². The molecule has 1 aliphatic heterocycles. The lowest BCUT2D eigenvalue weighted by Gasteiger charge is -2.31. The van der Waals surface area contributed by atoms with E-state index in [-0.39, 0.29) is 0 Å². The van der Waals surface area contributed by atoms with E-state index >= 15 is 0 Å². The third-order valence-corrected chi connectivity index (χ3v) is 4.11. The molecule has 0 saturated heterocycles. The number of hydrogen-bond donors (Lipinski definition) is 1. The average Bonchev–Trinajstić information content (AvgIpc) is 2.53. The van der Waals surface area contributed by atoms with Gasteiger partial charge in [-0.1, -0.05) is 32.0 Å². The summed E-state index contributed by atoms with van der Waals surface area (Å²) in [5.41, 5.74) is 10.8. The Kier molecular flexibility index (Phi) is 3.93. The molecule has 1 aliphatic rings.